The molecular formula is C21H17Cl2N5O3S. The Kier molecular flexibility index (Phi) is 7.40. The van der Waals surface area contributed by atoms with Crippen LogP contribution in [0.3, 0.4) is 0 Å². The van der Waals surface area contributed by atoms with Crippen molar-refractivity contribution in [2.24, 2.45) is 5.41 Å². The Bertz CT molecular complexity index is 1230. The standard InChI is InChI=1S/C21H17Cl2N5O3S/c1-21(2,19(30)31)10-9-13-7-8-16(15(23)11-13)24-18(29)12-32-20-25-26-27-28(20)17-6-4-3-5-14(17)22/h3-8,11H,12H2,1-2H3,(H,24,29)(H,30,31). The Balaban J connectivity index is 1.65. The van der Waals surface area contributed by atoms with Gasteiger partial charge in [-0.3, -0.25) is 9.59 Å². The van der Waals surface area contributed by atoms with E-state index < -0.39 is 11.4 Å². The van der Waals surface area contributed by atoms with E-state index in [1.807, 2.05) is 6.07 Å². The maximum absolute atomic E-state index is 12.4. The molecule has 0 saturated carbocycles. The SMILES string of the molecule is CC(C)(C#Cc1ccc(NC(=O)CSc2nnnn2-c2ccccc2Cl)c(Cl)c1)C(=O)O. The lowest BCUT2D eigenvalue weighted by molar-refractivity contribution is -0.143. The van der Waals surface area contributed by atoms with Crippen molar-refractivity contribution in [1.29, 1.82) is 0 Å². The largest absolute Gasteiger partial charge is 0.480 e. The maximum atomic E-state index is 12.4. The number of hydrogen-bond acceptors (Lipinski definition) is 6. The zero-order chi connectivity index (χ0) is 23.3. The Morgan fingerprint density at radius 1 is 1.19 bits per heavy atom. The summed E-state index contributed by atoms with van der Waals surface area (Å²) >= 11 is 13.6. The number of carboxylic acid groups (broad SMARTS) is 1. The number of amides is 1. The van der Waals surface area contributed by atoms with Gasteiger partial charge in [-0.25, -0.2) is 0 Å². The number of thioether (sulfide) groups is 1. The number of halogens is 2. The van der Waals surface area contributed by atoms with E-state index in [9.17, 15) is 9.59 Å². The second kappa shape index (κ2) is 10.0. The number of nitrogens with one attached hydrogen (secondary N) is 1. The third-order valence-corrected chi connectivity index (χ3v) is 5.70. The van der Waals surface area contributed by atoms with Crippen LogP contribution in [0.5, 0.6) is 0 Å². The van der Waals surface area contributed by atoms with Gasteiger partial charge in [0.25, 0.3) is 0 Å². The first-order valence-electron chi connectivity index (χ1n) is 9.19. The first kappa shape index (κ1) is 23.6. The zero-order valence-electron chi connectivity index (χ0n) is 17.0. The molecule has 1 amide bonds. The van der Waals surface area contributed by atoms with Crippen LogP contribution >= 0.6 is 35.0 Å². The molecule has 0 bridgehead atoms. The van der Waals surface area contributed by atoms with Gasteiger partial charge in [0.2, 0.25) is 11.1 Å². The van der Waals surface area contributed by atoms with Gasteiger partial charge >= 0.3 is 5.97 Å². The summed E-state index contributed by atoms with van der Waals surface area (Å²) in [5.74, 6) is 4.19. The lowest BCUT2D eigenvalue weighted by Gasteiger charge is -2.10. The minimum Gasteiger partial charge on any atom is -0.480 e. The molecule has 3 rings (SSSR count). The molecule has 0 saturated heterocycles. The number of carbonyl (C=O) groups is 2. The van der Waals surface area contributed by atoms with Crippen molar-refractivity contribution in [1.82, 2.24) is 20.2 Å². The second-order valence-corrected chi connectivity index (χ2v) is 8.79. The number of anilines is 1. The minimum atomic E-state index is -1.18. The van der Waals surface area contributed by atoms with Crippen molar-refractivity contribution in [3.63, 3.8) is 0 Å². The van der Waals surface area contributed by atoms with E-state index in [2.05, 4.69) is 32.7 Å². The van der Waals surface area contributed by atoms with E-state index in [0.29, 0.717) is 27.1 Å². The van der Waals surface area contributed by atoms with Crippen molar-refractivity contribution in [2.75, 3.05) is 11.1 Å². The predicted molar refractivity (Wildman–Crippen MR) is 123 cm³/mol. The lowest BCUT2D eigenvalue weighted by atomic mass is 9.94. The lowest BCUT2D eigenvalue weighted by Crippen LogP contribution is -2.21. The molecule has 2 aromatic carbocycles. The molecule has 0 unspecified atom stereocenters. The van der Waals surface area contributed by atoms with Crippen LogP contribution in [0.25, 0.3) is 5.69 Å². The molecule has 1 aromatic heterocycles. The fourth-order valence-corrected chi connectivity index (χ4v) is 3.46. The van der Waals surface area contributed by atoms with Gasteiger partial charge in [-0.2, -0.15) is 4.68 Å². The summed E-state index contributed by atoms with van der Waals surface area (Å²) < 4.78 is 1.46. The van der Waals surface area contributed by atoms with Crippen molar-refractivity contribution in [3.8, 4) is 17.5 Å². The highest BCUT2D eigenvalue weighted by molar-refractivity contribution is 7.99. The smallest absolute Gasteiger partial charge is 0.321 e. The quantitative estimate of drug-likeness (QED) is 0.394. The molecule has 2 N–H and O–H groups in total. The van der Waals surface area contributed by atoms with E-state index in [4.69, 9.17) is 28.3 Å². The highest BCUT2D eigenvalue weighted by Gasteiger charge is 2.24. The summed E-state index contributed by atoms with van der Waals surface area (Å²) in [6, 6.07) is 11.9. The topological polar surface area (TPSA) is 110 Å². The average molecular weight is 490 g/mol. The number of aromatic nitrogens is 4. The fraction of sp³-hybridized carbons (Fsp3) is 0.190. The summed E-state index contributed by atoms with van der Waals surface area (Å²) in [5, 5.41) is 24.5. The number of tetrazole rings is 1. The molecule has 0 atom stereocenters. The van der Waals surface area contributed by atoms with Gasteiger partial charge in [0.05, 0.1) is 27.2 Å². The van der Waals surface area contributed by atoms with Crippen molar-refractivity contribution in [3.05, 3.63) is 58.1 Å². The number of rotatable bonds is 6. The molecule has 11 heteroatoms. The molecule has 1 heterocycles. The van der Waals surface area contributed by atoms with E-state index >= 15 is 0 Å². The van der Waals surface area contributed by atoms with E-state index in [1.165, 1.54) is 18.5 Å². The number of carboxylic acids is 1. The molecular weight excluding hydrogens is 473 g/mol. The first-order chi connectivity index (χ1) is 15.2. The van der Waals surface area contributed by atoms with Gasteiger partial charge < -0.3 is 10.4 Å². The Morgan fingerprint density at radius 2 is 1.94 bits per heavy atom. The Hall–Kier alpha value is -3.06. The summed E-state index contributed by atoms with van der Waals surface area (Å²) in [4.78, 5) is 23.6. The number of benzene rings is 2. The van der Waals surface area contributed by atoms with Crippen LogP contribution in [0, 0.1) is 17.3 Å². The van der Waals surface area contributed by atoms with Gasteiger partial charge in [0, 0.05) is 5.56 Å². The Labute approximate surface area is 198 Å². The summed E-state index contributed by atoms with van der Waals surface area (Å²) in [6.45, 7) is 3.02. The molecule has 164 valence electrons. The number of carbonyl (C=O) groups excluding carboxylic acids is 1. The number of nitrogens with zero attached hydrogens (tertiary/aromatic N) is 4. The van der Waals surface area contributed by atoms with E-state index in [1.54, 1.807) is 36.4 Å². The summed E-state index contributed by atoms with van der Waals surface area (Å²) in [5.41, 5.74) is 0.366. The molecule has 0 fully saturated rings. The molecule has 0 aliphatic rings. The van der Waals surface area contributed by atoms with Crippen LogP contribution < -0.4 is 5.32 Å². The molecule has 0 radical (unpaired) electrons. The number of hydrogen-bond donors (Lipinski definition) is 2. The van der Waals surface area contributed by atoms with Crippen molar-refractivity contribution in [2.45, 2.75) is 19.0 Å². The second-order valence-electron chi connectivity index (χ2n) is 7.04. The van der Waals surface area contributed by atoms with E-state index in [0.717, 1.165) is 11.8 Å². The minimum absolute atomic E-state index is 0.0372. The average Bonchev–Trinajstić information content (AvgIpc) is 3.21. The van der Waals surface area contributed by atoms with Gasteiger partial charge in [-0.1, -0.05) is 58.9 Å². The van der Waals surface area contributed by atoms with Crippen LogP contribution in [0.2, 0.25) is 10.0 Å². The van der Waals surface area contributed by atoms with Crippen LogP contribution in [0.1, 0.15) is 19.4 Å². The zero-order valence-corrected chi connectivity index (χ0v) is 19.3. The van der Waals surface area contributed by atoms with Crippen LogP contribution in [-0.2, 0) is 9.59 Å². The van der Waals surface area contributed by atoms with Gasteiger partial charge in [-0.05, 0) is 54.6 Å². The fourth-order valence-electron chi connectivity index (χ4n) is 2.34. The van der Waals surface area contributed by atoms with Crippen molar-refractivity contribution >= 4 is 52.5 Å². The number of para-hydroxylation sites is 1. The molecule has 8 nitrogen and oxygen atoms in total. The number of aliphatic carboxylic acids is 1. The van der Waals surface area contributed by atoms with Crippen LogP contribution in [0.15, 0.2) is 47.6 Å². The van der Waals surface area contributed by atoms with Crippen LogP contribution in [-0.4, -0.2) is 42.9 Å². The summed E-state index contributed by atoms with van der Waals surface area (Å²) in [6.07, 6.45) is 0. The van der Waals surface area contributed by atoms with Crippen molar-refractivity contribution < 1.29 is 14.7 Å². The Morgan fingerprint density at radius 3 is 2.62 bits per heavy atom. The molecule has 3 aromatic rings. The van der Waals surface area contributed by atoms with Gasteiger partial charge in [0.15, 0.2) is 0 Å². The first-order valence-corrected chi connectivity index (χ1v) is 10.9. The van der Waals surface area contributed by atoms with E-state index in [-0.39, 0.29) is 16.7 Å². The molecule has 0 spiro atoms. The normalized spacial score (nSPS) is 10.9. The van der Waals surface area contributed by atoms with Gasteiger partial charge in [0.1, 0.15) is 5.41 Å². The summed E-state index contributed by atoms with van der Waals surface area (Å²) in [7, 11) is 0. The molecule has 0 aliphatic heterocycles. The van der Waals surface area contributed by atoms with Gasteiger partial charge in [-0.15, -0.1) is 5.10 Å². The highest BCUT2D eigenvalue weighted by atomic mass is 35.5. The maximum Gasteiger partial charge on any atom is 0.321 e. The molecule has 0 aliphatic carbocycles. The monoisotopic (exact) mass is 489 g/mol. The van der Waals surface area contributed by atoms with Crippen LogP contribution in [0.4, 0.5) is 5.69 Å². The third kappa shape index (κ3) is 5.79. The predicted octanol–water partition coefficient (Wildman–Crippen LogP) is 4.16. The third-order valence-electron chi connectivity index (χ3n) is 4.15. The highest BCUT2D eigenvalue weighted by Crippen LogP contribution is 2.26. The molecule has 32 heavy (non-hydrogen) atoms.